The van der Waals surface area contributed by atoms with Crippen LogP contribution in [0.2, 0.25) is 0 Å². The number of aromatic amines is 1. The van der Waals surface area contributed by atoms with Crippen molar-refractivity contribution in [2.24, 2.45) is 0 Å². The third-order valence-electron chi connectivity index (χ3n) is 1.80. The molecule has 0 radical (unpaired) electrons. The number of H-pyrrole nitrogens is 1. The molecule has 2 rings (SSSR count). The predicted molar refractivity (Wildman–Crippen MR) is 45.9 cm³/mol. The number of carbonyl (C=O) groups is 1. The molecule has 3 heteroatoms. The standard InChI is InChI=1S/C9H8N2O/c12-4-3-7-1-2-8-9(5-7)11-6-10-8/h1-2,4-6H,3H2,(H,10,11). The second kappa shape index (κ2) is 2.77. The van der Waals surface area contributed by atoms with Gasteiger partial charge >= 0.3 is 0 Å². The van der Waals surface area contributed by atoms with Crippen molar-refractivity contribution < 1.29 is 4.79 Å². The maximum Gasteiger partial charge on any atom is 0.124 e. The van der Waals surface area contributed by atoms with Gasteiger partial charge in [-0.05, 0) is 17.7 Å². The van der Waals surface area contributed by atoms with Gasteiger partial charge in [-0.15, -0.1) is 0 Å². The number of fused-ring (bicyclic) bond motifs is 1. The van der Waals surface area contributed by atoms with Gasteiger partial charge in [0.05, 0.1) is 17.4 Å². The number of aldehydes is 1. The highest BCUT2D eigenvalue weighted by molar-refractivity contribution is 5.76. The van der Waals surface area contributed by atoms with Gasteiger partial charge in [-0.3, -0.25) is 0 Å². The van der Waals surface area contributed by atoms with E-state index in [0.717, 1.165) is 22.9 Å². The molecule has 60 valence electrons. The minimum absolute atomic E-state index is 0.467. The van der Waals surface area contributed by atoms with Gasteiger partial charge in [0.25, 0.3) is 0 Å². The Morgan fingerprint density at radius 1 is 1.50 bits per heavy atom. The van der Waals surface area contributed by atoms with Crippen LogP contribution in [0.1, 0.15) is 5.56 Å². The monoisotopic (exact) mass is 160 g/mol. The van der Waals surface area contributed by atoms with E-state index in [1.165, 1.54) is 0 Å². The number of nitrogens with one attached hydrogen (secondary N) is 1. The van der Waals surface area contributed by atoms with Gasteiger partial charge in [0, 0.05) is 6.42 Å². The van der Waals surface area contributed by atoms with E-state index in [1.807, 2.05) is 18.2 Å². The summed E-state index contributed by atoms with van der Waals surface area (Å²) in [5.41, 5.74) is 2.93. The Labute approximate surface area is 69.4 Å². The first-order valence-electron chi connectivity index (χ1n) is 3.76. The van der Waals surface area contributed by atoms with E-state index in [2.05, 4.69) is 9.97 Å². The molecule has 1 heterocycles. The van der Waals surface area contributed by atoms with E-state index in [4.69, 9.17) is 0 Å². The molecule has 1 aromatic heterocycles. The summed E-state index contributed by atoms with van der Waals surface area (Å²) in [6, 6.07) is 5.76. The molecule has 12 heavy (non-hydrogen) atoms. The fourth-order valence-corrected chi connectivity index (χ4v) is 1.21. The third-order valence-corrected chi connectivity index (χ3v) is 1.80. The molecular weight excluding hydrogens is 152 g/mol. The van der Waals surface area contributed by atoms with E-state index >= 15 is 0 Å². The lowest BCUT2D eigenvalue weighted by molar-refractivity contribution is -0.107. The fraction of sp³-hybridized carbons (Fsp3) is 0.111. The zero-order chi connectivity index (χ0) is 8.39. The normalized spacial score (nSPS) is 10.3. The lowest BCUT2D eigenvalue weighted by Crippen LogP contribution is -1.84. The summed E-state index contributed by atoms with van der Waals surface area (Å²) in [4.78, 5) is 17.3. The molecule has 0 fully saturated rings. The number of nitrogens with zero attached hydrogens (tertiary/aromatic N) is 1. The zero-order valence-corrected chi connectivity index (χ0v) is 6.45. The van der Waals surface area contributed by atoms with Crippen molar-refractivity contribution in [2.45, 2.75) is 6.42 Å². The molecule has 0 aliphatic rings. The van der Waals surface area contributed by atoms with Crippen LogP contribution in [-0.4, -0.2) is 16.3 Å². The first-order valence-corrected chi connectivity index (χ1v) is 3.76. The van der Waals surface area contributed by atoms with E-state index in [9.17, 15) is 4.79 Å². The van der Waals surface area contributed by atoms with Gasteiger partial charge < -0.3 is 9.78 Å². The molecule has 2 aromatic rings. The van der Waals surface area contributed by atoms with E-state index in [-0.39, 0.29) is 0 Å². The average Bonchev–Trinajstić information content (AvgIpc) is 2.51. The molecule has 0 bridgehead atoms. The summed E-state index contributed by atoms with van der Waals surface area (Å²) in [5.74, 6) is 0. The van der Waals surface area contributed by atoms with E-state index in [0.29, 0.717) is 6.42 Å². The maximum atomic E-state index is 10.2. The minimum Gasteiger partial charge on any atom is -0.345 e. The summed E-state index contributed by atoms with van der Waals surface area (Å²) in [7, 11) is 0. The molecule has 0 saturated carbocycles. The van der Waals surface area contributed by atoms with Crippen molar-refractivity contribution in [3.63, 3.8) is 0 Å². The lowest BCUT2D eigenvalue weighted by Gasteiger charge is -1.93. The van der Waals surface area contributed by atoms with Crippen LogP contribution < -0.4 is 0 Å². The zero-order valence-electron chi connectivity index (χ0n) is 6.45. The second-order valence-corrected chi connectivity index (χ2v) is 2.62. The summed E-state index contributed by atoms with van der Waals surface area (Å²) in [6.07, 6.45) is 3.02. The van der Waals surface area contributed by atoms with Gasteiger partial charge in [-0.1, -0.05) is 6.07 Å². The highest BCUT2D eigenvalue weighted by Gasteiger charge is 1.96. The molecule has 0 saturated heterocycles. The first-order chi connectivity index (χ1) is 5.90. The lowest BCUT2D eigenvalue weighted by atomic mass is 10.1. The summed E-state index contributed by atoms with van der Waals surface area (Å²) in [6.45, 7) is 0. The number of imidazole rings is 1. The highest BCUT2D eigenvalue weighted by Crippen LogP contribution is 2.11. The van der Waals surface area contributed by atoms with Crippen LogP contribution in [0, 0.1) is 0 Å². The molecule has 3 nitrogen and oxygen atoms in total. The van der Waals surface area contributed by atoms with Gasteiger partial charge in [0.2, 0.25) is 0 Å². The predicted octanol–water partition coefficient (Wildman–Crippen LogP) is 1.30. The van der Waals surface area contributed by atoms with Crippen LogP contribution in [-0.2, 0) is 11.2 Å². The molecular formula is C9H8N2O. The van der Waals surface area contributed by atoms with E-state index in [1.54, 1.807) is 6.33 Å². The molecule has 0 unspecified atom stereocenters. The SMILES string of the molecule is O=CCc1ccc2nc[nH]c2c1. The van der Waals surface area contributed by atoms with Crippen LogP contribution in [0.25, 0.3) is 11.0 Å². The van der Waals surface area contributed by atoms with Crippen LogP contribution >= 0.6 is 0 Å². The van der Waals surface area contributed by atoms with Crippen LogP contribution in [0.4, 0.5) is 0 Å². The average molecular weight is 160 g/mol. The Hall–Kier alpha value is -1.64. The van der Waals surface area contributed by atoms with Gasteiger partial charge in [0.15, 0.2) is 0 Å². The smallest absolute Gasteiger partial charge is 0.124 e. The Bertz CT molecular complexity index is 406. The molecule has 1 N–H and O–H groups in total. The summed E-state index contributed by atoms with van der Waals surface area (Å²) in [5, 5.41) is 0. The van der Waals surface area contributed by atoms with Gasteiger partial charge in [-0.25, -0.2) is 4.98 Å². The fourth-order valence-electron chi connectivity index (χ4n) is 1.21. The van der Waals surface area contributed by atoms with Crippen molar-refractivity contribution in [1.82, 2.24) is 9.97 Å². The molecule has 0 atom stereocenters. The number of benzene rings is 1. The molecule has 1 aromatic carbocycles. The number of rotatable bonds is 2. The number of hydrogen-bond acceptors (Lipinski definition) is 2. The Balaban J connectivity index is 2.52. The van der Waals surface area contributed by atoms with Crippen molar-refractivity contribution in [2.75, 3.05) is 0 Å². The molecule has 0 aliphatic carbocycles. The Morgan fingerprint density at radius 3 is 3.25 bits per heavy atom. The van der Waals surface area contributed by atoms with Crippen molar-refractivity contribution in [3.05, 3.63) is 30.1 Å². The van der Waals surface area contributed by atoms with Crippen LogP contribution in [0.5, 0.6) is 0 Å². The largest absolute Gasteiger partial charge is 0.345 e. The molecule has 0 amide bonds. The Kier molecular flexibility index (Phi) is 1.63. The second-order valence-electron chi connectivity index (χ2n) is 2.62. The van der Waals surface area contributed by atoms with Crippen molar-refractivity contribution >= 4 is 17.3 Å². The number of hydrogen-bond donors (Lipinski definition) is 1. The van der Waals surface area contributed by atoms with Gasteiger partial charge in [0.1, 0.15) is 6.29 Å². The van der Waals surface area contributed by atoms with Crippen LogP contribution in [0.3, 0.4) is 0 Å². The molecule has 0 aliphatic heterocycles. The van der Waals surface area contributed by atoms with Crippen molar-refractivity contribution in [1.29, 1.82) is 0 Å². The van der Waals surface area contributed by atoms with E-state index < -0.39 is 0 Å². The summed E-state index contributed by atoms with van der Waals surface area (Å²) < 4.78 is 0. The number of carbonyl (C=O) groups excluding carboxylic acids is 1. The Morgan fingerprint density at radius 2 is 2.42 bits per heavy atom. The first kappa shape index (κ1) is 7.03. The van der Waals surface area contributed by atoms with Gasteiger partial charge in [-0.2, -0.15) is 0 Å². The highest BCUT2D eigenvalue weighted by atomic mass is 16.1. The molecule has 0 spiro atoms. The summed E-state index contributed by atoms with van der Waals surface area (Å²) >= 11 is 0. The third kappa shape index (κ3) is 1.09. The quantitative estimate of drug-likeness (QED) is 0.673. The van der Waals surface area contributed by atoms with Crippen molar-refractivity contribution in [3.8, 4) is 0 Å². The maximum absolute atomic E-state index is 10.2. The number of aromatic nitrogens is 2. The minimum atomic E-state index is 0.467. The topological polar surface area (TPSA) is 45.8 Å². The van der Waals surface area contributed by atoms with Crippen LogP contribution in [0.15, 0.2) is 24.5 Å².